The Morgan fingerprint density at radius 2 is 1.92 bits per heavy atom. The molecular weight excluding hydrogens is 310 g/mol. The highest BCUT2D eigenvalue weighted by molar-refractivity contribution is 6.05. The van der Waals surface area contributed by atoms with Crippen LogP contribution in [0.3, 0.4) is 0 Å². The minimum Gasteiger partial charge on any atom is -0.351 e. The van der Waals surface area contributed by atoms with E-state index >= 15 is 0 Å². The zero-order valence-corrected chi connectivity index (χ0v) is 14.7. The number of carbonyl (C=O) groups excluding carboxylic acids is 1. The van der Waals surface area contributed by atoms with Gasteiger partial charge in [0.1, 0.15) is 5.82 Å². The van der Waals surface area contributed by atoms with E-state index in [1.807, 2.05) is 45.2 Å². The molecule has 1 aromatic heterocycles. The lowest BCUT2D eigenvalue weighted by atomic mass is 10.1. The maximum absolute atomic E-state index is 12.5. The van der Waals surface area contributed by atoms with Gasteiger partial charge in [-0.15, -0.1) is 0 Å². The van der Waals surface area contributed by atoms with Crippen LogP contribution >= 0.6 is 0 Å². The van der Waals surface area contributed by atoms with E-state index < -0.39 is 0 Å². The van der Waals surface area contributed by atoms with Gasteiger partial charge in [-0.2, -0.15) is 0 Å². The second-order valence-electron chi connectivity index (χ2n) is 6.65. The van der Waals surface area contributed by atoms with Crippen molar-refractivity contribution in [3.63, 3.8) is 0 Å². The lowest BCUT2D eigenvalue weighted by molar-refractivity contribution is -0.121. The molecule has 1 aliphatic rings. The van der Waals surface area contributed by atoms with Gasteiger partial charge in [0.2, 0.25) is 5.91 Å². The van der Waals surface area contributed by atoms with Crippen molar-refractivity contribution in [2.75, 3.05) is 0 Å². The SMILES string of the molecule is CC1=C(c2ccccc2)[C@H]1C(=O)NCc1ccc2c(c1)nc(C)n2C. The number of benzene rings is 2. The maximum atomic E-state index is 12.5. The van der Waals surface area contributed by atoms with Crippen molar-refractivity contribution in [3.05, 3.63) is 71.1 Å². The number of amides is 1. The molecule has 0 spiro atoms. The molecule has 1 heterocycles. The summed E-state index contributed by atoms with van der Waals surface area (Å²) in [5, 5.41) is 3.06. The van der Waals surface area contributed by atoms with Crippen molar-refractivity contribution < 1.29 is 4.79 Å². The zero-order chi connectivity index (χ0) is 17.6. The Morgan fingerprint density at radius 1 is 1.16 bits per heavy atom. The molecule has 4 rings (SSSR count). The minimum atomic E-state index is -0.0803. The van der Waals surface area contributed by atoms with Gasteiger partial charge in [-0.25, -0.2) is 4.98 Å². The molecule has 0 radical (unpaired) electrons. The van der Waals surface area contributed by atoms with Gasteiger partial charge in [0.05, 0.1) is 17.0 Å². The van der Waals surface area contributed by atoms with E-state index in [0.717, 1.165) is 33.6 Å². The normalized spacial score (nSPS) is 16.4. The number of hydrogen-bond acceptors (Lipinski definition) is 2. The van der Waals surface area contributed by atoms with Crippen molar-refractivity contribution in [1.29, 1.82) is 0 Å². The lowest BCUT2D eigenvalue weighted by Crippen LogP contribution is -2.25. The summed E-state index contributed by atoms with van der Waals surface area (Å²) in [4.78, 5) is 17.1. The highest BCUT2D eigenvalue weighted by Crippen LogP contribution is 2.46. The molecule has 1 atom stereocenters. The Labute approximate surface area is 147 Å². The standard InChI is InChI=1S/C21H21N3O/c1-13-19(16-7-5-4-6-8-16)20(13)21(25)22-12-15-9-10-18-17(11-15)23-14(2)24(18)3/h4-11,20H,12H2,1-3H3,(H,22,25)/t20-/m0/s1. The third-order valence-electron chi connectivity index (χ3n) is 5.05. The quantitative estimate of drug-likeness (QED) is 0.794. The van der Waals surface area contributed by atoms with Crippen LogP contribution in [0.5, 0.6) is 0 Å². The molecule has 0 unspecified atom stereocenters. The first-order valence-corrected chi connectivity index (χ1v) is 8.52. The summed E-state index contributed by atoms with van der Waals surface area (Å²) in [5.41, 5.74) is 6.62. The molecule has 25 heavy (non-hydrogen) atoms. The molecule has 4 heteroatoms. The van der Waals surface area contributed by atoms with Gasteiger partial charge in [0.15, 0.2) is 0 Å². The van der Waals surface area contributed by atoms with Gasteiger partial charge in [-0.1, -0.05) is 42.0 Å². The average Bonchev–Trinajstić information content (AvgIpc) is 3.22. The summed E-state index contributed by atoms with van der Waals surface area (Å²) >= 11 is 0. The molecule has 0 saturated heterocycles. The predicted molar refractivity (Wildman–Crippen MR) is 99.8 cm³/mol. The number of fused-ring (bicyclic) bond motifs is 1. The summed E-state index contributed by atoms with van der Waals surface area (Å²) in [6.07, 6.45) is 0. The molecule has 126 valence electrons. The van der Waals surface area contributed by atoms with Gasteiger partial charge in [0, 0.05) is 13.6 Å². The Hall–Kier alpha value is -2.88. The van der Waals surface area contributed by atoms with Gasteiger partial charge in [-0.05, 0) is 42.7 Å². The van der Waals surface area contributed by atoms with Crippen LogP contribution in [0.4, 0.5) is 0 Å². The van der Waals surface area contributed by atoms with Crippen molar-refractivity contribution >= 4 is 22.5 Å². The molecule has 0 fully saturated rings. The maximum Gasteiger partial charge on any atom is 0.231 e. The van der Waals surface area contributed by atoms with Gasteiger partial charge >= 0.3 is 0 Å². The Kier molecular flexibility index (Phi) is 3.68. The number of rotatable bonds is 4. The van der Waals surface area contributed by atoms with E-state index in [0.29, 0.717) is 6.54 Å². The molecule has 0 saturated carbocycles. The summed E-state index contributed by atoms with van der Waals surface area (Å²) in [5.74, 6) is 0.985. The Balaban J connectivity index is 1.43. The van der Waals surface area contributed by atoms with E-state index in [1.54, 1.807) is 0 Å². The van der Waals surface area contributed by atoms with Crippen molar-refractivity contribution in [2.24, 2.45) is 13.0 Å². The number of nitrogens with zero attached hydrogens (tertiary/aromatic N) is 2. The first-order valence-electron chi connectivity index (χ1n) is 8.52. The summed E-state index contributed by atoms with van der Waals surface area (Å²) in [6.45, 7) is 4.56. The number of hydrogen-bond donors (Lipinski definition) is 1. The Bertz CT molecular complexity index is 999. The summed E-state index contributed by atoms with van der Waals surface area (Å²) < 4.78 is 2.07. The van der Waals surface area contributed by atoms with Gasteiger partial charge < -0.3 is 9.88 Å². The molecule has 3 aromatic rings. The number of aromatic nitrogens is 2. The molecule has 1 N–H and O–H groups in total. The summed E-state index contributed by atoms with van der Waals surface area (Å²) in [6, 6.07) is 16.3. The van der Waals surface area contributed by atoms with Crippen molar-refractivity contribution in [1.82, 2.24) is 14.9 Å². The van der Waals surface area contributed by atoms with Crippen LogP contribution in [0.25, 0.3) is 16.6 Å². The zero-order valence-electron chi connectivity index (χ0n) is 14.7. The van der Waals surface area contributed by atoms with Crippen LogP contribution in [0.2, 0.25) is 0 Å². The van der Waals surface area contributed by atoms with Crippen molar-refractivity contribution in [2.45, 2.75) is 20.4 Å². The van der Waals surface area contributed by atoms with Crippen LogP contribution in [0.15, 0.2) is 54.1 Å². The molecule has 1 aliphatic carbocycles. The number of imidazole rings is 1. The van der Waals surface area contributed by atoms with E-state index in [9.17, 15) is 4.79 Å². The molecular formula is C21H21N3O. The molecule has 1 amide bonds. The van der Waals surface area contributed by atoms with Crippen molar-refractivity contribution in [3.8, 4) is 0 Å². The molecule has 0 aliphatic heterocycles. The highest BCUT2D eigenvalue weighted by Gasteiger charge is 2.39. The minimum absolute atomic E-state index is 0.0775. The fraction of sp³-hybridized carbons (Fsp3) is 0.238. The van der Waals surface area contributed by atoms with Crippen LogP contribution in [-0.4, -0.2) is 15.5 Å². The number of aryl methyl sites for hydroxylation is 2. The monoisotopic (exact) mass is 331 g/mol. The molecule has 0 bridgehead atoms. The third-order valence-corrected chi connectivity index (χ3v) is 5.05. The average molecular weight is 331 g/mol. The Morgan fingerprint density at radius 3 is 2.68 bits per heavy atom. The fourth-order valence-electron chi connectivity index (χ4n) is 3.44. The molecule has 2 aromatic carbocycles. The second kappa shape index (κ2) is 5.88. The van der Waals surface area contributed by atoms with Gasteiger partial charge in [0.25, 0.3) is 0 Å². The van der Waals surface area contributed by atoms with Crippen LogP contribution in [0.1, 0.15) is 23.9 Å². The van der Waals surface area contributed by atoms with Gasteiger partial charge in [-0.3, -0.25) is 4.79 Å². The predicted octanol–water partition coefficient (Wildman–Crippen LogP) is 3.60. The van der Waals surface area contributed by atoms with Crippen LogP contribution in [0, 0.1) is 12.8 Å². The fourth-order valence-corrected chi connectivity index (χ4v) is 3.44. The number of carbonyl (C=O) groups is 1. The third kappa shape index (κ3) is 2.74. The lowest BCUT2D eigenvalue weighted by Gasteiger charge is -2.06. The van der Waals surface area contributed by atoms with Crippen LogP contribution < -0.4 is 5.32 Å². The summed E-state index contributed by atoms with van der Waals surface area (Å²) in [7, 11) is 2.01. The van der Waals surface area contributed by atoms with E-state index in [2.05, 4.69) is 39.1 Å². The largest absolute Gasteiger partial charge is 0.351 e. The second-order valence-corrected chi connectivity index (χ2v) is 6.65. The van der Waals surface area contributed by atoms with Crippen LogP contribution in [-0.2, 0) is 18.4 Å². The van der Waals surface area contributed by atoms with E-state index in [-0.39, 0.29) is 11.8 Å². The van der Waals surface area contributed by atoms with E-state index in [4.69, 9.17) is 0 Å². The molecule has 4 nitrogen and oxygen atoms in total. The smallest absolute Gasteiger partial charge is 0.231 e. The topological polar surface area (TPSA) is 46.9 Å². The van der Waals surface area contributed by atoms with E-state index in [1.165, 1.54) is 5.57 Å². The first kappa shape index (κ1) is 15.6. The number of nitrogens with one attached hydrogen (secondary N) is 1. The first-order chi connectivity index (χ1) is 12.1. The highest BCUT2D eigenvalue weighted by atomic mass is 16.2.